The maximum atomic E-state index is 12.1. The van der Waals surface area contributed by atoms with Gasteiger partial charge in [0.1, 0.15) is 0 Å². The van der Waals surface area contributed by atoms with Crippen molar-refractivity contribution < 1.29 is 4.79 Å². The Bertz CT molecular complexity index is 836. The fraction of sp³-hybridized carbons (Fsp3) is 0.370. The molecule has 0 radical (unpaired) electrons. The van der Waals surface area contributed by atoms with Gasteiger partial charge in [-0.3, -0.25) is 4.79 Å². The first-order valence-corrected chi connectivity index (χ1v) is 10.3. The van der Waals surface area contributed by atoms with Gasteiger partial charge in [0.05, 0.1) is 0 Å². The lowest BCUT2D eigenvalue weighted by molar-refractivity contribution is -0.115. The second kappa shape index (κ2) is 11.4. The van der Waals surface area contributed by atoms with Crippen molar-refractivity contribution in [3.05, 3.63) is 94.8 Å². The zero-order valence-corrected chi connectivity index (χ0v) is 19.2. The van der Waals surface area contributed by atoms with Crippen molar-refractivity contribution in [2.75, 3.05) is 0 Å². The smallest absolute Gasteiger partial charge is 0.248 e. The third kappa shape index (κ3) is 8.11. The van der Waals surface area contributed by atoms with Gasteiger partial charge in [0, 0.05) is 11.8 Å². The first-order chi connectivity index (χ1) is 13.6. The Morgan fingerprint density at radius 2 is 1.79 bits per heavy atom. The van der Waals surface area contributed by atoms with Crippen molar-refractivity contribution in [3.63, 3.8) is 0 Å². The Balaban J connectivity index is 2.80. The maximum absolute atomic E-state index is 12.1. The van der Waals surface area contributed by atoms with Crippen LogP contribution in [0, 0.1) is 5.41 Å². The van der Waals surface area contributed by atoms with E-state index < -0.39 is 0 Å². The average Bonchev–Trinajstić information content (AvgIpc) is 2.64. The molecule has 1 rings (SSSR count). The predicted octanol–water partition coefficient (Wildman–Crippen LogP) is 7.28. The van der Waals surface area contributed by atoms with Crippen LogP contribution in [0.5, 0.6) is 0 Å². The van der Waals surface area contributed by atoms with Crippen LogP contribution in [0.2, 0.25) is 0 Å². The second-order valence-electron chi connectivity index (χ2n) is 8.25. The van der Waals surface area contributed by atoms with E-state index in [4.69, 9.17) is 0 Å². The molecular formula is C27H37NO. The molecule has 0 fully saturated rings. The molecule has 1 N–H and O–H groups in total. The van der Waals surface area contributed by atoms with Gasteiger partial charge in [-0.25, -0.2) is 0 Å². The van der Waals surface area contributed by atoms with E-state index in [0.717, 1.165) is 29.7 Å². The zero-order valence-electron chi connectivity index (χ0n) is 19.2. The normalized spacial score (nSPS) is 19.1. The Morgan fingerprint density at radius 1 is 1.10 bits per heavy atom. The van der Waals surface area contributed by atoms with Crippen LogP contribution >= 0.6 is 0 Å². The Kier molecular flexibility index (Phi) is 9.61. The van der Waals surface area contributed by atoms with E-state index in [1.807, 2.05) is 51.2 Å². The Labute approximate surface area is 177 Å². The molecule has 0 saturated heterocycles. The van der Waals surface area contributed by atoms with E-state index in [0.29, 0.717) is 0 Å². The summed E-state index contributed by atoms with van der Waals surface area (Å²) in [5.41, 5.74) is 6.99. The molecule has 1 aliphatic rings. The SMILES string of the molecule is C=C1CCC(C)(C)C(/C=C/C(C)=C/C=C/C(C)=C\C(=O)NC(/C=C\C)=C/C)=C1C. The summed E-state index contributed by atoms with van der Waals surface area (Å²) in [6, 6.07) is 0. The van der Waals surface area contributed by atoms with E-state index in [-0.39, 0.29) is 11.3 Å². The minimum atomic E-state index is -0.124. The number of carbonyl (C=O) groups excluding carboxylic acids is 1. The standard InChI is InChI=1S/C27H37NO/c1-9-12-24(10-2)28-26(29)19-21(4)14-11-13-20(3)15-16-25-23(6)22(5)17-18-27(25,7)8/h9-16,19H,5,17-18H2,1-4,6-8H3,(H,28,29)/b12-9-,14-11+,16-15+,20-13+,21-19-,24-10+. The average molecular weight is 392 g/mol. The Morgan fingerprint density at radius 3 is 2.41 bits per heavy atom. The van der Waals surface area contributed by atoms with Crippen molar-refractivity contribution in [1.82, 2.24) is 5.32 Å². The fourth-order valence-corrected chi connectivity index (χ4v) is 3.28. The molecule has 2 heteroatoms. The lowest BCUT2D eigenvalue weighted by Crippen LogP contribution is -2.20. The molecule has 0 bridgehead atoms. The highest BCUT2D eigenvalue weighted by atomic mass is 16.1. The molecule has 0 aliphatic heterocycles. The molecule has 1 aliphatic carbocycles. The summed E-state index contributed by atoms with van der Waals surface area (Å²) < 4.78 is 0. The summed E-state index contributed by atoms with van der Waals surface area (Å²) in [7, 11) is 0. The van der Waals surface area contributed by atoms with Gasteiger partial charge in [-0.1, -0.05) is 74.1 Å². The number of amides is 1. The lowest BCUT2D eigenvalue weighted by atomic mass is 9.71. The maximum Gasteiger partial charge on any atom is 0.248 e. The van der Waals surface area contributed by atoms with Gasteiger partial charge in [0.2, 0.25) is 5.91 Å². The fourth-order valence-electron chi connectivity index (χ4n) is 3.28. The first kappa shape index (κ1) is 24.4. The van der Waals surface area contributed by atoms with Crippen LogP contribution in [0.25, 0.3) is 0 Å². The molecule has 0 aromatic carbocycles. The molecule has 29 heavy (non-hydrogen) atoms. The minimum Gasteiger partial charge on any atom is -0.323 e. The van der Waals surface area contributed by atoms with E-state index in [1.165, 1.54) is 16.7 Å². The number of hydrogen-bond donors (Lipinski definition) is 1. The summed E-state index contributed by atoms with van der Waals surface area (Å²) >= 11 is 0. The molecule has 0 aromatic heterocycles. The van der Waals surface area contributed by atoms with Gasteiger partial charge in [-0.05, 0) is 75.7 Å². The highest BCUT2D eigenvalue weighted by molar-refractivity contribution is 5.90. The zero-order chi connectivity index (χ0) is 22.0. The molecule has 1 amide bonds. The topological polar surface area (TPSA) is 29.1 Å². The Hall–Kier alpha value is -2.61. The van der Waals surface area contributed by atoms with Crippen molar-refractivity contribution in [3.8, 4) is 0 Å². The van der Waals surface area contributed by atoms with Gasteiger partial charge >= 0.3 is 0 Å². The van der Waals surface area contributed by atoms with Gasteiger partial charge in [-0.15, -0.1) is 0 Å². The van der Waals surface area contributed by atoms with Crippen LogP contribution in [0.3, 0.4) is 0 Å². The first-order valence-electron chi connectivity index (χ1n) is 10.3. The molecule has 0 aromatic rings. The molecular weight excluding hydrogens is 354 g/mol. The predicted molar refractivity (Wildman–Crippen MR) is 127 cm³/mol. The second-order valence-corrected chi connectivity index (χ2v) is 8.25. The number of nitrogens with one attached hydrogen (secondary N) is 1. The van der Waals surface area contributed by atoms with Crippen LogP contribution < -0.4 is 5.32 Å². The minimum absolute atomic E-state index is 0.124. The number of hydrogen-bond acceptors (Lipinski definition) is 1. The summed E-state index contributed by atoms with van der Waals surface area (Å²) in [5, 5.41) is 2.86. The van der Waals surface area contributed by atoms with Crippen LogP contribution in [0.4, 0.5) is 0 Å². The van der Waals surface area contributed by atoms with Crippen molar-refractivity contribution in [1.29, 1.82) is 0 Å². The van der Waals surface area contributed by atoms with Crippen molar-refractivity contribution >= 4 is 5.91 Å². The van der Waals surface area contributed by atoms with Gasteiger partial charge in [0.25, 0.3) is 0 Å². The summed E-state index contributed by atoms with van der Waals surface area (Å²) in [4.78, 5) is 12.1. The van der Waals surface area contributed by atoms with Gasteiger partial charge in [0.15, 0.2) is 0 Å². The largest absolute Gasteiger partial charge is 0.323 e. The van der Waals surface area contributed by atoms with Gasteiger partial charge < -0.3 is 5.32 Å². The number of allylic oxidation sites excluding steroid dienone is 13. The summed E-state index contributed by atoms with van der Waals surface area (Å²) in [6.45, 7) is 18.8. The number of carbonyl (C=O) groups is 1. The van der Waals surface area contributed by atoms with Gasteiger partial charge in [-0.2, -0.15) is 0 Å². The van der Waals surface area contributed by atoms with Crippen molar-refractivity contribution in [2.45, 2.75) is 61.3 Å². The van der Waals surface area contributed by atoms with Crippen LogP contribution in [0.1, 0.15) is 61.3 Å². The highest BCUT2D eigenvalue weighted by Crippen LogP contribution is 2.42. The molecule has 0 saturated carbocycles. The van der Waals surface area contributed by atoms with Crippen molar-refractivity contribution in [2.24, 2.45) is 5.41 Å². The van der Waals surface area contributed by atoms with E-state index in [2.05, 4.69) is 57.8 Å². The molecule has 0 unspecified atom stereocenters. The van der Waals surface area contributed by atoms with Crippen LogP contribution in [0.15, 0.2) is 94.8 Å². The van der Waals surface area contributed by atoms with E-state index >= 15 is 0 Å². The molecule has 0 atom stereocenters. The highest BCUT2D eigenvalue weighted by Gasteiger charge is 2.28. The molecule has 0 spiro atoms. The monoisotopic (exact) mass is 391 g/mol. The van der Waals surface area contributed by atoms with E-state index in [1.54, 1.807) is 6.08 Å². The van der Waals surface area contributed by atoms with Crippen LogP contribution in [-0.4, -0.2) is 5.91 Å². The summed E-state index contributed by atoms with van der Waals surface area (Å²) in [6.07, 6.45) is 19.8. The third-order valence-corrected chi connectivity index (χ3v) is 5.23. The lowest BCUT2D eigenvalue weighted by Gasteiger charge is -2.34. The summed E-state index contributed by atoms with van der Waals surface area (Å²) in [5.74, 6) is -0.124. The quantitative estimate of drug-likeness (QED) is 0.358. The molecule has 0 heterocycles. The van der Waals surface area contributed by atoms with Crippen LogP contribution in [-0.2, 0) is 4.79 Å². The third-order valence-electron chi connectivity index (χ3n) is 5.23. The number of rotatable bonds is 7. The van der Waals surface area contributed by atoms with E-state index in [9.17, 15) is 4.79 Å². The molecule has 2 nitrogen and oxygen atoms in total. The molecule has 156 valence electrons.